The molecule has 6 nitrogen and oxygen atoms in total. The molecule has 41 heavy (non-hydrogen) atoms. The second-order valence-corrected chi connectivity index (χ2v) is 10.5. The van der Waals surface area contributed by atoms with Crippen LogP contribution < -0.4 is 4.74 Å². The van der Waals surface area contributed by atoms with Crippen LogP contribution in [0.5, 0.6) is 11.5 Å². The van der Waals surface area contributed by atoms with Gasteiger partial charge in [-0.1, -0.05) is 50.6 Å². The summed E-state index contributed by atoms with van der Waals surface area (Å²) in [7, 11) is 0. The van der Waals surface area contributed by atoms with Gasteiger partial charge in [0, 0.05) is 29.4 Å². The Kier molecular flexibility index (Phi) is 7.46. The van der Waals surface area contributed by atoms with Crippen LogP contribution in [0.2, 0.25) is 0 Å². The van der Waals surface area contributed by atoms with Crippen molar-refractivity contribution in [1.29, 1.82) is 5.26 Å². The average Bonchev–Trinajstić information content (AvgIpc) is 3.29. The third-order valence-corrected chi connectivity index (χ3v) is 6.74. The largest absolute Gasteiger partial charge is 2.00 e. The van der Waals surface area contributed by atoms with Crippen LogP contribution in [-0.4, -0.2) is 14.5 Å². The first-order valence-electron chi connectivity index (χ1n) is 12.8. The van der Waals surface area contributed by atoms with Gasteiger partial charge in [0.2, 0.25) is 0 Å². The van der Waals surface area contributed by atoms with Gasteiger partial charge in [-0.2, -0.15) is 11.3 Å². The molecule has 0 N–H and O–H groups in total. The fraction of sp³-hybridized carbons (Fsp3) is 0.118. The molecule has 200 valence electrons. The summed E-state index contributed by atoms with van der Waals surface area (Å²) >= 11 is 0. The standard InChI is InChI=1S/C34H23N5O.Pt/c1-34(2,3)24-12-14-38-33(18-24)39-31-11-8-22(21-35)15-29(31)28-10-9-26(20-32(28)39)40-27-17-23(16-25(19-27)36-4)30-7-5-6-13-37-30;/h5-16,18-19H,1-3H3;/q-2;+2. The van der Waals surface area contributed by atoms with Gasteiger partial charge in [-0.3, -0.25) is 4.85 Å². The predicted octanol–water partition coefficient (Wildman–Crippen LogP) is 8.35. The molecule has 0 atom stereocenters. The van der Waals surface area contributed by atoms with Crippen LogP contribution in [0.25, 0.3) is 43.7 Å². The van der Waals surface area contributed by atoms with Crippen LogP contribution in [0, 0.1) is 30.0 Å². The molecule has 0 saturated carbocycles. The molecule has 0 fully saturated rings. The number of fused-ring (bicyclic) bond motifs is 3. The Hall–Kier alpha value is -4.77. The maximum Gasteiger partial charge on any atom is 2.00 e. The van der Waals surface area contributed by atoms with Gasteiger partial charge in [0.15, 0.2) is 0 Å². The zero-order chi connectivity index (χ0) is 27.9. The first kappa shape index (κ1) is 27.8. The number of pyridine rings is 2. The van der Waals surface area contributed by atoms with Crippen LogP contribution in [0.4, 0.5) is 5.69 Å². The molecule has 0 saturated heterocycles. The SMILES string of the molecule is [C-]#[N+]c1cc(Oc2[c-]c3c(cc2)c2cc(C#N)ccc2n3-c2cc(C(C)(C)C)ccn2)[c-]c(-c2ccccn2)c1.[Pt+2]. The molecule has 0 radical (unpaired) electrons. The quantitative estimate of drug-likeness (QED) is 0.173. The van der Waals surface area contributed by atoms with E-state index in [-0.39, 0.29) is 26.5 Å². The van der Waals surface area contributed by atoms with E-state index in [1.165, 1.54) is 0 Å². The Bertz CT molecular complexity index is 1990. The van der Waals surface area contributed by atoms with Crippen molar-refractivity contribution < 1.29 is 25.8 Å². The Morgan fingerprint density at radius 3 is 2.49 bits per heavy atom. The molecule has 6 aromatic rings. The maximum absolute atomic E-state index is 9.55. The minimum Gasteiger partial charge on any atom is -0.504 e. The molecule has 6 rings (SSSR count). The third kappa shape index (κ3) is 5.35. The molecular formula is C34H23N5OPt. The van der Waals surface area contributed by atoms with Crippen molar-refractivity contribution in [3.8, 4) is 34.6 Å². The normalized spacial score (nSPS) is 11.0. The van der Waals surface area contributed by atoms with Gasteiger partial charge in [-0.05, 0) is 58.5 Å². The van der Waals surface area contributed by atoms with Crippen LogP contribution in [0.15, 0.2) is 85.2 Å². The van der Waals surface area contributed by atoms with Gasteiger partial charge in [-0.15, -0.1) is 29.1 Å². The van der Waals surface area contributed by atoms with Crippen molar-refractivity contribution in [3.63, 3.8) is 0 Å². The minimum atomic E-state index is -0.0581. The van der Waals surface area contributed by atoms with E-state index >= 15 is 0 Å². The molecule has 3 heterocycles. The van der Waals surface area contributed by atoms with Crippen LogP contribution in [0.1, 0.15) is 31.9 Å². The molecule has 0 aliphatic carbocycles. The number of nitrogens with zero attached hydrogens (tertiary/aromatic N) is 5. The molecule has 0 bridgehead atoms. The first-order chi connectivity index (χ1) is 19.3. The van der Waals surface area contributed by atoms with Crippen LogP contribution >= 0.6 is 0 Å². The average molecular weight is 713 g/mol. The Labute approximate surface area is 253 Å². The van der Waals surface area contributed by atoms with Gasteiger partial charge in [0.05, 0.1) is 18.2 Å². The smallest absolute Gasteiger partial charge is 0.504 e. The van der Waals surface area contributed by atoms with E-state index in [2.05, 4.69) is 54.9 Å². The fourth-order valence-electron chi connectivity index (χ4n) is 4.73. The number of benzene rings is 3. The maximum atomic E-state index is 9.55. The fourth-order valence-corrected chi connectivity index (χ4v) is 4.73. The Morgan fingerprint density at radius 2 is 1.76 bits per heavy atom. The summed E-state index contributed by atoms with van der Waals surface area (Å²) in [5.41, 5.74) is 5.17. The van der Waals surface area contributed by atoms with E-state index in [1.54, 1.807) is 18.3 Å². The van der Waals surface area contributed by atoms with E-state index < -0.39 is 0 Å². The molecular weight excluding hydrogens is 689 g/mol. The molecule has 0 spiro atoms. The number of nitriles is 1. The second-order valence-electron chi connectivity index (χ2n) is 10.5. The third-order valence-electron chi connectivity index (χ3n) is 6.74. The van der Waals surface area contributed by atoms with Gasteiger partial charge < -0.3 is 14.3 Å². The predicted molar refractivity (Wildman–Crippen MR) is 156 cm³/mol. The number of ether oxygens (including phenoxy) is 1. The summed E-state index contributed by atoms with van der Waals surface area (Å²) < 4.78 is 8.28. The minimum absolute atomic E-state index is 0. The van der Waals surface area contributed by atoms with Gasteiger partial charge in [0.1, 0.15) is 11.5 Å². The zero-order valence-electron chi connectivity index (χ0n) is 22.5. The zero-order valence-corrected chi connectivity index (χ0v) is 24.8. The summed E-state index contributed by atoms with van der Waals surface area (Å²) in [4.78, 5) is 12.7. The summed E-state index contributed by atoms with van der Waals surface area (Å²) in [5, 5.41) is 11.4. The Balaban J connectivity index is 0.00000337. The molecule has 0 aliphatic heterocycles. The van der Waals surface area contributed by atoms with E-state index in [4.69, 9.17) is 16.3 Å². The number of hydrogen-bond acceptors (Lipinski definition) is 4. The van der Waals surface area contributed by atoms with E-state index in [0.29, 0.717) is 34.0 Å². The summed E-state index contributed by atoms with van der Waals surface area (Å²) in [6.07, 6.45) is 3.52. The number of aromatic nitrogens is 3. The molecule has 0 aliphatic rings. The van der Waals surface area contributed by atoms with Crippen LogP contribution in [0.3, 0.4) is 0 Å². The first-order valence-corrected chi connectivity index (χ1v) is 12.8. The van der Waals surface area contributed by atoms with Crippen molar-refractivity contribution >= 4 is 27.5 Å². The monoisotopic (exact) mass is 712 g/mol. The molecule has 0 unspecified atom stereocenters. The second kappa shape index (κ2) is 11.0. The molecule has 3 aromatic carbocycles. The summed E-state index contributed by atoms with van der Waals surface area (Å²) in [6, 6.07) is 31.5. The van der Waals surface area contributed by atoms with Crippen molar-refractivity contribution in [2.45, 2.75) is 26.2 Å². The van der Waals surface area contributed by atoms with Crippen molar-refractivity contribution in [2.75, 3.05) is 0 Å². The van der Waals surface area contributed by atoms with E-state index in [1.807, 2.05) is 65.4 Å². The molecule has 7 heteroatoms. The van der Waals surface area contributed by atoms with Crippen LogP contribution in [-0.2, 0) is 26.5 Å². The van der Waals surface area contributed by atoms with Crippen molar-refractivity contribution in [1.82, 2.24) is 14.5 Å². The Morgan fingerprint density at radius 1 is 0.902 bits per heavy atom. The molecule has 3 aromatic heterocycles. The van der Waals surface area contributed by atoms with Gasteiger partial charge in [0.25, 0.3) is 0 Å². The summed E-state index contributed by atoms with van der Waals surface area (Å²) in [6.45, 7) is 14.1. The number of rotatable bonds is 4. The van der Waals surface area contributed by atoms with E-state index in [0.717, 1.165) is 33.2 Å². The van der Waals surface area contributed by atoms with Crippen molar-refractivity contribution in [2.24, 2.45) is 0 Å². The topological polar surface area (TPSA) is 68.1 Å². The number of hydrogen-bond donors (Lipinski definition) is 0. The summed E-state index contributed by atoms with van der Waals surface area (Å²) in [5.74, 6) is 1.62. The van der Waals surface area contributed by atoms with E-state index in [9.17, 15) is 5.26 Å². The van der Waals surface area contributed by atoms with Crippen molar-refractivity contribution in [3.05, 3.63) is 120 Å². The van der Waals surface area contributed by atoms with Gasteiger partial charge in [-0.25, -0.2) is 4.98 Å². The van der Waals surface area contributed by atoms with Gasteiger partial charge >= 0.3 is 21.1 Å². The molecule has 0 amide bonds.